The van der Waals surface area contributed by atoms with Crippen LogP contribution in [-0.4, -0.2) is 46.9 Å². The molecule has 0 aliphatic heterocycles. The summed E-state index contributed by atoms with van der Waals surface area (Å²) >= 11 is 0. The van der Waals surface area contributed by atoms with Gasteiger partial charge in [-0.05, 0) is 19.1 Å². The third-order valence-electron chi connectivity index (χ3n) is 3.91. The van der Waals surface area contributed by atoms with Crippen molar-refractivity contribution in [2.24, 2.45) is 0 Å². The van der Waals surface area contributed by atoms with Crippen LogP contribution < -0.4 is 10.6 Å². The molecule has 0 aliphatic rings. The number of benzene rings is 1. The number of nitrogens with one attached hydrogen (secondary N) is 3. The van der Waals surface area contributed by atoms with Gasteiger partial charge in [0, 0.05) is 25.8 Å². The fourth-order valence-corrected chi connectivity index (χ4v) is 2.56. The normalized spacial score (nSPS) is 11.4. The van der Waals surface area contributed by atoms with Crippen LogP contribution in [-0.2, 0) is 25.5 Å². The second-order valence-electron chi connectivity index (χ2n) is 6.10. The van der Waals surface area contributed by atoms with Crippen LogP contribution >= 0.6 is 0 Å². The Morgan fingerprint density at radius 3 is 2.71 bits per heavy atom. The van der Waals surface area contributed by atoms with Gasteiger partial charge < -0.3 is 20.4 Å². The number of fused-ring (bicyclic) bond motifs is 1. The summed E-state index contributed by atoms with van der Waals surface area (Å²) in [5, 5.41) is 5.29. The number of carbonyl (C=O) groups excluding carboxylic acids is 3. The van der Waals surface area contributed by atoms with Gasteiger partial charge in [-0.25, -0.2) is 4.98 Å². The summed E-state index contributed by atoms with van der Waals surface area (Å²) in [7, 11) is 0. The number of terminal acetylenes is 1. The number of ether oxygens (including phenoxy) is 1. The second kappa shape index (κ2) is 10.7. The van der Waals surface area contributed by atoms with E-state index in [4.69, 9.17) is 11.2 Å². The number of nitrogens with zero attached hydrogens (tertiary/aromatic N) is 1. The highest BCUT2D eigenvalue weighted by atomic mass is 16.5. The lowest BCUT2D eigenvalue weighted by Crippen LogP contribution is -2.36. The van der Waals surface area contributed by atoms with Crippen molar-refractivity contribution in [1.82, 2.24) is 20.6 Å². The lowest BCUT2D eigenvalue weighted by atomic mass is 10.2. The molecule has 8 heteroatoms. The zero-order valence-corrected chi connectivity index (χ0v) is 15.8. The molecule has 1 unspecified atom stereocenters. The summed E-state index contributed by atoms with van der Waals surface area (Å²) in [5.74, 6) is 2.01. The van der Waals surface area contributed by atoms with Gasteiger partial charge in [-0.2, -0.15) is 0 Å². The number of hydrogen-bond acceptors (Lipinski definition) is 5. The average molecular weight is 384 g/mol. The number of para-hydroxylation sites is 2. The molecule has 1 atom stereocenters. The maximum absolute atomic E-state index is 11.9. The molecule has 28 heavy (non-hydrogen) atoms. The molecular weight excluding hydrogens is 360 g/mol. The summed E-state index contributed by atoms with van der Waals surface area (Å²) in [6.07, 6.45) is 5.79. The molecule has 3 N–H and O–H groups in total. The fourth-order valence-electron chi connectivity index (χ4n) is 2.56. The van der Waals surface area contributed by atoms with E-state index >= 15 is 0 Å². The summed E-state index contributed by atoms with van der Waals surface area (Å²) in [5.41, 5.74) is 1.83. The van der Waals surface area contributed by atoms with Crippen molar-refractivity contribution in [3.05, 3.63) is 30.1 Å². The van der Waals surface area contributed by atoms with E-state index in [2.05, 4.69) is 26.5 Å². The minimum absolute atomic E-state index is 0.0164. The van der Waals surface area contributed by atoms with E-state index in [1.807, 2.05) is 24.3 Å². The Morgan fingerprint density at radius 2 is 2.00 bits per heavy atom. The van der Waals surface area contributed by atoms with Gasteiger partial charge in [0.2, 0.25) is 11.8 Å². The Balaban J connectivity index is 1.66. The van der Waals surface area contributed by atoms with Crippen molar-refractivity contribution >= 4 is 28.8 Å². The standard InChI is InChI=1S/C20H24N4O4/c1-3-14(13-20(27)28-4-2)22-19(26)10-9-18(25)21-12-11-17-23-15-7-5-6-8-16(15)24-17/h1,5-8,14H,4,9-13H2,2H3,(H,21,25)(H,22,26)(H,23,24). The topological polar surface area (TPSA) is 113 Å². The Labute approximate surface area is 163 Å². The number of carbonyl (C=O) groups is 3. The van der Waals surface area contributed by atoms with Gasteiger partial charge in [-0.15, -0.1) is 6.42 Å². The minimum Gasteiger partial charge on any atom is -0.466 e. The number of esters is 1. The maximum atomic E-state index is 11.9. The number of imidazole rings is 1. The van der Waals surface area contributed by atoms with Crippen molar-refractivity contribution in [3.8, 4) is 12.3 Å². The molecule has 2 rings (SSSR count). The zero-order valence-electron chi connectivity index (χ0n) is 15.8. The predicted molar refractivity (Wildman–Crippen MR) is 104 cm³/mol. The van der Waals surface area contributed by atoms with Crippen molar-refractivity contribution in [3.63, 3.8) is 0 Å². The number of rotatable bonds is 10. The quantitative estimate of drug-likeness (QED) is 0.419. The molecule has 2 aromatic rings. The van der Waals surface area contributed by atoms with Gasteiger partial charge in [0.1, 0.15) is 11.9 Å². The molecule has 1 heterocycles. The molecule has 1 aromatic heterocycles. The smallest absolute Gasteiger partial charge is 0.308 e. The summed E-state index contributed by atoms with van der Waals surface area (Å²) < 4.78 is 4.80. The van der Waals surface area contributed by atoms with Crippen LogP contribution in [0.5, 0.6) is 0 Å². The van der Waals surface area contributed by atoms with E-state index < -0.39 is 12.0 Å². The Hall–Kier alpha value is -3.34. The largest absolute Gasteiger partial charge is 0.466 e. The van der Waals surface area contributed by atoms with E-state index in [1.165, 1.54) is 0 Å². The SMILES string of the molecule is C#CC(CC(=O)OCC)NC(=O)CCC(=O)NCCc1nc2ccccc2[nH]1. The summed E-state index contributed by atoms with van der Waals surface area (Å²) in [6, 6.07) is 6.95. The third-order valence-corrected chi connectivity index (χ3v) is 3.91. The minimum atomic E-state index is -0.748. The lowest BCUT2D eigenvalue weighted by Gasteiger charge is -2.12. The molecule has 0 saturated heterocycles. The first kappa shape index (κ1) is 21.0. The second-order valence-corrected chi connectivity index (χ2v) is 6.10. The molecule has 0 bridgehead atoms. The van der Waals surface area contributed by atoms with Gasteiger partial charge in [-0.1, -0.05) is 18.1 Å². The van der Waals surface area contributed by atoms with E-state index in [0.717, 1.165) is 16.9 Å². The van der Waals surface area contributed by atoms with Gasteiger partial charge in [0.05, 0.1) is 24.1 Å². The van der Waals surface area contributed by atoms with Crippen LogP contribution in [0.15, 0.2) is 24.3 Å². The van der Waals surface area contributed by atoms with Gasteiger partial charge in [0.25, 0.3) is 0 Å². The van der Waals surface area contributed by atoms with E-state index in [0.29, 0.717) is 13.0 Å². The van der Waals surface area contributed by atoms with Crippen molar-refractivity contribution < 1.29 is 19.1 Å². The third kappa shape index (κ3) is 6.76. The predicted octanol–water partition coefficient (Wildman–Crippen LogP) is 1.07. The molecule has 0 aliphatic carbocycles. The molecule has 148 valence electrons. The highest BCUT2D eigenvalue weighted by Gasteiger charge is 2.15. The molecule has 8 nitrogen and oxygen atoms in total. The van der Waals surface area contributed by atoms with Crippen LogP contribution in [0.4, 0.5) is 0 Å². The van der Waals surface area contributed by atoms with Crippen molar-refractivity contribution in [1.29, 1.82) is 0 Å². The molecule has 0 spiro atoms. The Bertz CT molecular complexity index is 835. The van der Waals surface area contributed by atoms with E-state index in [-0.39, 0.29) is 37.7 Å². The highest BCUT2D eigenvalue weighted by molar-refractivity contribution is 5.84. The van der Waals surface area contributed by atoms with Crippen LogP contribution in [0.3, 0.4) is 0 Å². The number of aromatic nitrogens is 2. The van der Waals surface area contributed by atoms with Crippen LogP contribution in [0.2, 0.25) is 0 Å². The van der Waals surface area contributed by atoms with E-state index in [9.17, 15) is 14.4 Å². The first-order valence-electron chi connectivity index (χ1n) is 9.13. The fraction of sp³-hybridized carbons (Fsp3) is 0.400. The molecule has 0 saturated carbocycles. The number of hydrogen-bond donors (Lipinski definition) is 3. The average Bonchev–Trinajstić information content (AvgIpc) is 3.08. The number of H-pyrrole nitrogens is 1. The molecule has 0 fully saturated rings. The Morgan fingerprint density at radius 1 is 1.25 bits per heavy atom. The van der Waals surface area contributed by atoms with Gasteiger partial charge in [0.15, 0.2) is 0 Å². The molecule has 1 aromatic carbocycles. The first-order valence-corrected chi connectivity index (χ1v) is 9.13. The zero-order chi connectivity index (χ0) is 20.4. The molecular formula is C20H24N4O4. The monoisotopic (exact) mass is 384 g/mol. The van der Waals surface area contributed by atoms with E-state index in [1.54, 1.807) is 6.92 Å². The molecule has 2 amide bonds. The van der Waals surface area contributed by atoms with Crippen LogP contribution in [0.25, 0.3) is 11.0 Å². The molecule has 0 radical (unpaired) electrons. The maximum Gasteiger partial charge on any atom is 0.308 e. The highest BCUT2D eigenvalue weighted by Crippen LogP contribution is 2.10. The number of aromatic amines is 1. The van der Waals surface area contributed by atoms with Crippen LogP contribution in [0.1, 0.15) is 32.0 Å². The Kier molecular flexibility index (Phi) is 8.03. The summed E-state index contributed by atoms with van der Waals surface area (Å²) in [6.45, 7) is 2.35. The van der Waals surface area contributed by atoms with Crippen molar-refractivity contribution in [2.75, 3.05) is 13.2 Å². The van der Waals surface area contributed by atoms with Crippen molar-refractivity contribution in [2.45, 2.75) is 38.6 Å². The number of amides is 2. The summed E-state index contributed by atoms with van der Waals surface area (Å²) in [4.78, 5) is 42.8. The van der Waals surface area contributed by atoms with Gasteiger partial charge >= 0.3 is 5.97 Å². The van der Waals surface area contributed by atoms with Gasteiger partial charge in [-0.3, -0.25) is 14.4 Å². The lowest BCUT2D eigenvalue weighted by molar-refractivity contribution is -0.143. The first-order chi connectivity index (χ1) is 13.5. The van der Waals surface area contributed by atoms with Crippen LogP contribution in [0, 0.1) is 12.3 Å².